The first-order valence-corrected chi connectivity index (χ1v) is 12.4. The number of carboxylic acids is 1. The van der Waals surface area contributed by atoms with Crippen molar-refractivity contribution in [2.45, 2.75) is 49.9 Å². The Bertz CT molecular complexity index is 1140. The standard InChI is InChI=1S/C24H32N8O7/c25-24(26)27-8-4-7-15-20(36)28-11-18(33)30-16(10-19(34)35)21(37)29-14-9-17(22(38)31-15)32(12-14)23(39)13-5-2-1-3-6-13/h1-3,5-6,14-17H,4,7-12H2,(H,28,36)(H,29,37)(H,30,33)(H,31,38)(H,34,35)(H4,25,26,27)/t14-,15-,16-,17-/m0/s1. The predicted octanol–water partition coefficient (Wildman–Crippen LogP) is -2.99. The maximum absolute atomic E-state index is 13.4. The molecule has 2 aliphatic rings. The lowest BCUT2D eigenvalue weighted by molar-refractivity contribution is -0.141. The van der Waals surface area contributed by atoms with Gasteiger partial charge < -0.3 is 42.7 Å². The van der Waals surface area contributed by atoms with Crippen molar-refractivity contribution in [1.82, 2.24) is 26.2 Å². The Hall–Kier alpha value is -4.69. The van der Waals surface area contributed by atoms with Gasteiger partial charge in [0.25, 0.3) is 5.91 Å². The van der Waals surface area contributed by atoms with E-state index in [0.29, 0.717) is 12.0 Å². The summed E-state index contributed by atoms with van der Waals surface area (Å²) in [7, 11) is 0. The summed E-state index contributed by atoms with van der Waals surface area (Å²) in [5, 5.41) is 19.2. The molecule has 2 fully saturated rings. The zero-order chi connectivity index (χ0) is 28.5. The van der Waals surface area contributed by atoms with Crippen molar-refractivity contribution in [2.24, 2.45) is 16.5 Å². The van der Waals surface area contributed by atoms with Crippen LogP contribution in [0.25, 0.3) is 0 Å². The minimum atomic E-state index is -1.43. The maximum atomic E-state index is 13.4. The topological polar surface area (TPSA) is 238 Å². The molecular weight excluding hydrogens is 512 g/mol. The second kappa shape index (κ2) is 13.2. The van der Waals surface area contributed by atoms with Gasteiger partial charge in [-0.2, -0.15) is 0 Å². The molecule has 0 aliphatic carbocycles. The average Bonchev–Trinajstić information content (AvgIpc) is 3.31. The van der Waals surface area contributed by atoms with Gasteiger partial charge in [0.15, 0.2) is 5.96 Å². The lowest BCUT2D eigenvalue weighted by atomic mass is 10.1. The summed E-state index contributed by atoms with van der Waals surface area (Å²) >= 11 is 0. The molecule has 0 radical (unpaired) electrons. The van der Waals surface area contributed by atoms with Crippen LogP contribution in [-0.4, -0.2) is 95.3 Å². The van der Waals surface area contributed by atoms with E-state index in [0.717, 1.165) is 0 Å². The number of aliphatic carboxylic acids is 1. The molecule has 210 valence electrons. The van der Waals surface area contributed by atoms with Crippen molar-refractivity contribution < 1.29 is 33.9 Å². The van der Waals surface area contributed by atoms with E-state index in [4.69, 9.17) is 11.5 Å². The zero-order valence-corrected chi connectivity index (χ0v) is 21.1. The number of amides is 5. The van der Waals surface area contributed by atoms with Crippen LogP contribution in [0.1, 0.15) is 36.0 Å². The van der Waals surface area contributed by atoms with E-state index in [1.54, 1.807) is 30.3 Å². The molecule has 15 nitrogen and oxygen atoms in total. The second-order valence-corrected chi connectivity index (χ2v) is 9.23. The third-order valence-electron chi connectivity index (χ3n) is 6.26. The van der Waals surface area contributed by atoms with Gasteiger partial charge in [-0.05, 0) is 31.4 Å². The van der Waals surface area contributed by atoms with Gasteiger partial charge >= 0.3 is 5.97 Å². The highest BCUT2D eigenvalue weighted by atomic mass is 16.4. The van der Waals surface area contributed by atoms with E-state index in [1.165, 1.54) is 4.90 Å². The van der Waals surface area contributed by atoms with E-state index in [-0.39, 0.29) is 31.9 Å². The Kier molecular flexibility index (Phi) is 9.78. The second-order valence-electron chi connectivity index (χ2n) is 9.23. The van der Waals surface area contributed by atoms with Gasteiger partial charge in [-0.15, -0.1) is 0 Å². The number of carboxylic acid groups (broad SMARTS) is 1. The summed E-state index contributed by atoms with van der Waals surface area (Å²) < 4.78 is 0. The highest BCUT2D eigenvalue weighted by Gasteiger charge is 2.42. The van der Waals surface area contributed by atoms with Crippen molar-refractivity contribution in [2.75, 3.05) is 19.6 Å². The smallest absolute Gasteiger partial charge is 0.305 e. The van der Waals surface area contributed by atoms with E-state index in [9.17, 15) is 33.9 Å². The number of hydrogen-bond acceptors (Lipinski definition) is 7. The van der Waals surface area contributed by atoms with Gasteiger partial charge in [0.1, 0.15) is 18.1 Å². The summed E-state index contributed by atoms with van der Waals surface area (Å²) in [5.74, 6) is -4.80. The van der Waals surface area contributed by atoms with E-state index in [2.05, 4.69) is 26.3 Å². The maximum Gasteiger partial charge on any atom is 0.305 e. The number of carbonyl (C=O) groups excluding carboxylic acids is 5. The van der Waals surface area contributed by atoms with Crippen molar-refractivity contribution in [3.8, 4) is 0 Å². The van der Waals surface area contributed by atoms with E-state index in [1.807, 2.05) is 0 Å². The molecule has 2 aliphatic heterocycles. The molecule has 1 aromatic carbocycles. The monoisotopic (exact) mass is 544 g/mol. The molecular formula is C24H32N8O7. The summed E-state index contributed by atoms with van der Waals surface area (Å²) in [5.41, 5.74) is 11.0. The van der Waals surface area contributed by atoms with Gasteiger partial charge in [-0.25, -0.2) is 0 Å². The zero-order valence-electron chi connectivity index (χ0n) is 21.1. The number of nitrogens with one attached hydrogen (secondary N) is 4. The highest BCUT2D eigenvalue weighted by molar-refractivity contribution is 5.99. The quantitative estimate of drug-likeness (QED) is 0.105. The average molecular weight is 545 g/mol. The van der Waals surface area contributed by atoms with E-state index < -0.39 is 72.6 Å². The molecule has 0 spiro atoms. The lowest BCUT2D eigenvalue weighted by Gasteiger charge is -2.26. The summed E-state index contributed by atoms with van der Waals surface area (Å²) in [6, 6.07) is 3.98. The summed E-state index contributed by atoms with van der Waals surface area (Å²) in [6.07, 6.45) is -0.259. The molecule has 15 heteroatoms. The van der Waals surface area contributed by atoms with Gasteiger partial charge in [0, 0.05) is 24.7 Å². The number of guanidine groups is 1. The molecule has 39 heavy (non-hydrogen) atoms. The van der Waals surface area contributed by atoms with Crippen LogP contribution in [0.15, 0.2) is 35.3 Å². The SMILES string of the molecule is NC(N)=NCCC[C@@H]1NC(=O)[C@@H]2C[C@@H](CN2C(=O)c2ccccc2)NC(=O)[C@H](CC(=O)O)NC(=O)CNC1=O. The van der Waals surface area contributed by atoms with Crippen LogP contribution in [0.4, 0.5) is 0 Å². The van der Waals surface area contributed by atoms with Crippen molar-refractivity contribution >= 4 is 41.5 Å². The Morgan fingerprint density at radius 2 is 1.69 bits per heavy atom. The van der Waals surface area contributed by atoms with Crippen LogP contribution < -0.4 is 32.7 Å². The van der Waals surface area contributed by atoms with Crippen molar-refractivity contribution in [3.63, 3.8) is 0 Å². The first-order valence-electron chi connectivity index (χ1n) is 12.4. The van der Waals surface area contributed by atoms with E-state index >= 15 is 0 Å². The van der Waals surface area contributed by atoms with Crippen LogP contribution in [0.5, 0.6) is 0 Å². The molecule has 5 amide bonds. The van der Waals surface area contributed by atoms with Gasteiger partial charge in [-0.1, -0.05) is 18.2 Å². The van der Waals surface area contributed by atoms with Crippen LogP contribution >= 0.6 is 0 Å². The number of nitrogens with zero attached hydrogens (tertiary/aromatic N) is 2. The first-order chi connectivity index (χ1) is 18.5. The molecule has 1 aromatic rings. The number of likely N-dealkylation sites (tertiary alicyclic amines) is 1. The molecule has 0 saturated carbocycles. The Morgan fingerprint density at radius 1 is 0.974 bits per heavy atom. The van der Waals surface area contributed by atoms with Crippen molar-refractivity contribution in [1.29, 1.82) is 0 Å². The molecule has 2 saturated heterocycles. The lowest BCUT2D eigenvalue weighted by Crippen LogP contribution is -2.55. The molecule has 3 rings (SSSR count). The number of fused-ring (bicyclic) bond motifs is 2. The normalized spacial score (nSPS) is 23.9. The number of carbonyl (C=O) groups is 6. The summed E-state index contributed by atoms with van der Waals surface area (Å²) in [4.78, 5) is 81.4. The molecule has 9 N–H and O–H groups in total. The number of benzene rings is 1. The third kappa shape index (κ3) is 8.15. The third-order valence-corrected chi connectivity index (χ3v) is 6.26. The number of hydrogen-bond donors (Lipinski definition) is 7. The molecule has 2 bridgehead atoms. The molecule has 4 atom stereocenters. The van der Waals surface area contributed by atoms with Gasteiger partial charge in [0.05, 0.1) is 13.0 Å². The van der Waals surface area contributed by atoms with Crippen LogP contribution in [0, 0.1) is 0 Å². The van der Waals surface area contributed by atoms with Crippen molar-refractivity contribution in [3.05, 3.63) is 35.9 Å². The van der Waals surface area contributed by atoms with Crippen LogP contribution in [0.3, 0.4) is 0 Å². The van der Waals surface area contributed by atoms with Crippen LogP contribution in [-0.2, 0) is 24.0 Å². The minimum Gasteiger partial charge on any atom is -0.481 e. The van der Waals surface area contributed by atoms with Crippen LogP contribution in [0.2, 0.25) is 0 Å². The molecule has 2 heterocycles. The summed E-state index contributed by atoms with van der Waals surface area (Å²) in [6.45, 7) is -0.421. The first kappa shape index (κ1) is 28.9. The fourth-order valence-electron chi connectivity index (χ4n) is 4.42. The predicted molar refractivity (Wildman–Crippen MR) is 137 cm³/mol. The largest absolute Gasteiger partial charge is 0.481 e. The Morgan fingerprint density at radius 3 is 2.36 bits per heavy atom. The van der Waals surface area contributed by atoms with Gasteiger partial charge in [-0.3, -0.25) is 33.8 Å². The highest BCUT2D eigenvalue weighted by Crippen LogP contribution is 2.22. The minimum absolute atomic E-state index is 0.00617. The number of rotatable bonds is 7. The number of aliphatic imine (C=N–C) groups is 1. The number of nitrogens with two attached hydrogens (primary N) is 2. The van der Waals surface area contributed by atoms with Gasteiger partial charge in [0.2, 0.25) is 23.6 Å². The fraction of sp³-hybridized carbons (Fsp3) is 0.458. The molecule has 0 unspecified atom stereocenters. The Balaban J connectivity index is 1.90. The fourth-order valence-corrected chi connectivity index (χ4v) is 4.42. The Labute approximate surface area is 223 Å². The molecule has 0 aromatic heterocycles.